The highest BCUT2D eigenvalue weighted by Crippen LogP contribution is 2.18. The van der Waals surface area contributed by atoms with E-state index in [0.29, 0.717) is 4.47 Å². The number of aromatic carboxylic acids is 1. The van der Waals surface area contributed by atoms with E-state index in [-0.39, 0.29) is 18.7 Å². The smallest absolute Gasteiger partial charge is 0.335 e. The molecule has 0 aromatic heterocycles. The second kappa shape index (κ2) is 5.91. The third-order valence-corrected chi connectivity index (χ3v) is 2.65. The Bertz CT molecular complexity index is 385. The molecule has 88 valence electrons. The molecule has 0 spiro atoms. The molecule has 0 amide bonds. The van der Waals surface area contributed by atoms with Crippen LogP contribution in [0.3, 0.4) is 0 Å². The van der Waals surface area contributed by atoms with E-state index in [0.717, 1.165) is 5.56 Å². The Labute approximate surface area is 99.6 Å². The number of carboxylic acids is 1. The molecular weight excluding hydrogens is 284 g/mol. The zero-order chi connectivity index (χ0) is 12.1. The number of benzene rings is 1. The van der Waals surface area contributed by atoms with Crippen molar-refractivity contribution in [1.29, 1.82) is 0 Å². The molecule has 2 N–H and O–H groups in total. The standard InChI is InChI=1S/C10H10BrF2NO2/c11-8-3-6(10(15)16)1-2-7(8)4-14-5-9(12)13/h1-3,9,14H,4-5H2,(H,15,16). The molecule has 0 fully saturated rings. The van der Waals surface area contributed by atoms with Gasteiger partial charge in [0.1, 0.15) is 0 Å². The lowest BCUT2D eigenvalue weighted by Crippen LogP contribution is -2.20. The minimum atomic E-state index is -2.39. The zero-order valence-electron chi connectivity index (χ0n) is 8.21. The van der Waals surface area contributed by atoms with Gasteiger partial charge in [0.25, 0.3) is 6.43 Å². The lowest BCUT2D eigenvalue weighted by molar-refractivity contribution is 0.0697. The third kappa shape index (κ3) is 3.86. The van der Waals surface area contributed by atoms with E-state index in [1.807, 2.05) is 0 Å². The van der Waals surface area contributed by atoms with Crippen molar-refractivity contribution in [3.05, 3.63) is 33.8 Å². The molecule has 1 aromatic carbocycles. The summed E-state index contributed by atoms with van der Waals surface area (Å²) in [5.74, 6) is -1.02. The van der Waals surface area contributed by atoms with E-state index in [1.165, 1.54) is 12.1 Å². The maximum Gasteiger partial charge on any atom is 0.335 e. The molecule has 0 saturated heterocycles. The number of halogens is 3. The van der Waals surface area contributed by atoms with Crippen LogP contribution in [0.1, 0.15) is 15.9 Å². The van der Waals surface area contributed by atoms with Crippen LogP contribution in [-0.4, -0.2) is 24.0 Å². The van der Waals surface area contributed by atoms with Crippen LogP contribution in [0, 0.1) is 0 Å². The minimum Gasteiger partial charge on any atom is -0.478 e. The van der Waals surface area contributed by atoms with Crippen molar-refractivity contribution in [2.24, 2.45) is 0 Å². The van der Waals surface area contributed by atoms with Crippen LogP contribution in [0.2, 0.25) is 0 Å². The summed E-state index contributed by atoms with van der Waals surface area (Å²) in [7, 11) is 0. The van der Waals surface area contributed by atoms with Crippen LogP contribution >= 0.6 is 15.9 Å². The van der Waals surface area contributed by atoms with Crippen LogP contribution < -0.4 is 5.32 Å². The minimum absolute atomic E-state index is 0.157. The van der Waals surface area contributed by atoms with E-state index >= 15 is 0 Å². The number of alkyl halides is 2. The van der Waals surface area contributed by atoms with Gasteiger partial charge in [-0.25, -0.2) is 13.6 Å². The summed E-state index contributed by atoms with van der Waals surface area (Å²) in [6, 6.07) is 4.47. The van der Waals surface area contributed by atoms with Gasteiger partial charge in [0, 0.05) is 11.0 Å². The van der Waals surface area contributed by atoms with Crippen molar-refractivity contribution < 1.29 is 18.7 Å². The molecule has 1 aromatic rings. The average molecular weight is 294 g/mol. The van der Waals surface area contributed by atoms with Gasteiger partial charge in [-0.05, 0) is 17.7 Å². The summed E-state index contributed by atoms with van der Waals surface area (Å²) < 4.78 is 24.3. The Morgan fingerprint density at radius 2 is 2.19 bits per heavy atom. The monoisotopic (exact) mass is 293 g/mol. The number of hydrogen-bond donors (Lipinski definition) is 2. The fourth-order valence-corrected chi connectivity index (χ4v) is 1.66. The Morgan fingerprint density at radius 1 is 1.50 bits per heavy atom. The quantitative estimate of drug-likeness (QED) is 0.877. The lowest BCUT2D eigenvalue weighted by atomic mass is 10.1. The van der Waals surface area contributed by atoms with E-state index in [4.69, 9.17) is 5.11 Å². The number of nitrogens with one attached hydrogen (secondary N) is 1. The first kappa shape index (κ1) is 13.1. The predicted molar refractivity (Wildman–Crippen MR) is 58.8 cm³/mol. The summed E-state index contributed by atoms with van der Waals surface area (Å²) in [5, 5.41) is 11.3. The van der Waals surface area contributed by atoms with Crippen molar-refractivity contribution in [1.82, 2.24) is 5.32 Å². The summed E-state index contributed by atoms with van der Waals surface area (Å²) >= 11 is 3.19. The number of carboxylic acid groups (broad SMARTS) is 1. The van der Waals surface area contributed by atoms with E-state index in [1.54, 1.807) is 6.07 Å². The molecule has 0 bridgehead atoms. The molecule has 0 aliphatic rings. The summed E-state index contributed by atoms with van der Waals surface area (Å²) in [4.78, 5) is 10.6. The molecule has 0 radical (unpaired) electrons. The van der Waals surface area contributed by atoms with Gasteiger partial charge in [0.15, 0.2) is 0 Å². The Balaban J connectivity index is 2.64. The van der Waals surface area contributed by atoms with E-state index in [9.17, 15) is 13.6 Å². The van der Waals surface area contributed by atoms with Crippen LogP contribution in [-0.2, 0) is 6.54 Å². The largest absolute Gasteiger partial charge is 0.478 e. The molecule has 0 atom stereocenters. The molecule has 16 heavy (non-hydrogen) atoms. The van der Waals surface area contributed by atoms with Crippen LogP contribution in [0.5, 0.6) is 0 Å². The van der Waals surface area contributed by atoms with Crippen molar-refractivity contribution in [3.63, 3.8) is 0 Å². The van der Waals surface area contributed by atoms with E-state index in [2.05, 4.69) is 21.2 Å². The first-order valence-electron chi connectivity index (χ1n) is 4.51. The van der Waals surface area contributed by atoms with Gasteiger partial charge in [-0.3, -0.25) is 0 Å². The van der Waals surface area contributed by atoms with Crippen molar-refractivity contribution >= 4 is 21.9 Å². The first-order chi connectivity index (χ1) is 7.50. The van der Waals surface area contributed by atoms with Crippen LogP contribution in [0.4, 0.5) is 8.78 Å². The first-order valence-corrected chi connectivity index (χ1v) is 5.30. The fraction of sp³-hybridized carbons (Fsp3) is 0.300. The molecule has 0 heterocycles. The summed E-state index contributed by atoms with van der Waals surface area (Å²) in [6.45, 7) is -0.113. The molecule has 3 nitrogen and oxygen atoms in total. The maximum absolute atomic E-state index is 11.9. The molecule has 1 rings (SSSR count). The fourth-order valence-electron chi connectivity index (χ4n) is 1.14. The highest BCUT2D eigenvalue weighted by Gasteiger charge is 2.07. The van der Waals surface area contributed by atoms with Gasteiger partial charge >= 0.3 is 5.97 Å². The van der Waals surface area contributed by atoms with E-state index < -0.39 is 12.4 Å². The Hall–Kier alpha value is -1.01. The average Bonchev–Trinajstić information content (AvgIpc) is 2.19. The van der Waals surface area contributed by atoms with Gasteiger partial charge in [-0.2, -0.15) is 0 Å². The van der Waals surface area contributed by atoms with Crippen molar-refractivity contribution in [2.75, 3.05) is 6.54 Å². The third-order valence-electron chi connectivity index (χ3n) is 1.91. The molecular formula is C10H10BrF2NO2. The molecule has 0 unspecified atom stereocenters. The summed E-state index contributed by atoms with van der Waals surface area (Å²) in [6.07, 6.45) is -2.39. The SMILES string of the molecule is O=C(O)c1ccc(CNCC(F)F)c(Br)c1. The molecule has 0 aliphatic carbocycles. The second-order valence-corrected chi connectivity index (χ2v) is 3.99. The lowest BCUT2D eigenvalue weighted by Gasteiger charge is -2.07. The van der Waals surface area contributed by atoms with Gasteiger partial charge in [0.2, 0.25) is 0 Å². The highest BCUT2D eigenvalue weighted by atomic mass is 79.9. The van der Waals surface area contributed by atoms with Gasteiger partial charge in [-0.15, -0.1) is 0 Å². The Morgan fingerprint density at radius 3 is 2.69 bits per heavy atom. The molecule has 0 saturated carbocycles. The van der Waals surface area contributed by atoms with Gasteiger partial charge < -0.3 is 10.4 Å². The normalized spacial score (nSPS) is 10.8. The topological polar surface area (TPSA) is 49.3 Å². The Kier molecular flexibility index (Phi) is 4.82. The maximum atomic E-state index is 11.9. The van der Waals surface area contributed by atoms with Crippen LogP contribution in [0.15, 0.2) is 22.7 Å². The number of hydrogen-bond acceptors (Lipinski definition) is 2. The van der Waals surface area contributed by atoms with Gasteiger partial charge in [-0.1, -0.05) is 22.0 Å². The molecule has 0 aliphatic heterocycles. The highest BCUT2D eigenvalue weighted by molar-refractivity contribution is 9.10. The summed E-state index contributed by atoms with van der Waals surface area (Å²) in [5.41, 5.74) is 0.898. The van der Waals surface area contributed by atoms with Crippen molar-refractivity contribution in [3.8, 4) is 0 Å². The number of rotatable bonds is 5. The van der Waals surface area contributed by atoms with Crippen molar-refractivity contribution in [2.45, 2.75) is 13.0 Å². The molecule has 6 heteroatoms. The van der Waals surface area contributed by atoms with Crippen LogP contribution in [0.25, 0.3) is 0 Å². The number of carbonyl (C=O) groups is 1. The van der Waals surface area contributed by atoms with Gasteiger partial charge in [0.05, 0.1) is 12.1 Å². The zero-order valence-corrected chi connectivity index (χ0v) is 9.80. The predicted octanol–water partition coefficient (Wildman–Crippen LogP) is 2.50. The second-order valence-electron chi connectivity index (χ2n) is 3.13.